The highest BCUT2D eigenvalue weighted by atomic mass is 32.1. The minimum Gasteiger partial charge on any atom is -0.389 e. The number of aromatic nitrogens is 2. The number of nitrogens with zero attached hydrogens (tertiary/aromatic N) is 3. The van der Waals surface area contributed by atoms with Crippen LogP contribution in [-0.2, 0) is 11.2 Å². The van der Waals surface area contributed by atoms with E-state index in [0.717, 1.165) is 5.56 Å². The van der Waals surface area contributed by atoms with Gasteiger partial charge in [-0.3, -0.25) is 4.79 Å². The zero-order valence-corrected chi connectivity index (χ0v) is 13.2. The van der Waals surface area contributed by atoms with Crippen molar-refractivity contribution in [3.63, 3.8) is 0 Å². The van der Waals surface area contributed by atoms with Crippen LogP contribution in [0.2, 0.25) is 0 Å². The quantitative estimate of drug-likeness (QED) is 0.882. The number of amides is 1. The zero-order chi connectivity index (χ0) is 15.5. The maximum Gasteiger partial charge on any atom is 0.227 e. The molecule has 0 saturated heterocycles. The Kier molecular flexibility index (Phi) is 4.74. The first-order valence-electron chi connectivity index (χ1n) is 6.67. The number of rotatable bonds is 6. The lowest BCUT2D eigenvalue weighted by atomic mass is 10.1. The van der Waals surface area contributed by atoms with Gasteiger partial charge in [-0.05, 0) is 25.3 Å². The third-order valence-electron chi connectivity index (χ3n) is 2.85. The van der Waals surface area contributed by atoms with Crippen molar-refractivity contribution in [3.05, 3.63) is 22.7 Å². The molecule has 2 rings (SSSR count). The minimum atomic E-state index is -0.902. The molecule has 2 heterocycles. The Morgan fingerprint density at radius 3 is 2.90 bits per heavy atom. The first-order chi connectivity index (χ1) is 9.85. The smallest absolute Gasteiger partial charge is 0.227 e. The van der Waals surface area contributed by atoms with E-state index in [2.05, 4.69) is 10.1 Å². The second-order valence-corrected chi connectivity index (χ2v) is 6.37. The van der Waals surface area contributed by atoms with Gasteiger partial charge in [0.05, 0.1) is 5.60 Å². The van der Waals surface area contributed by atoms with E-state index in [1.807, 2.05) is 16.8 Å². The molecular formula is C14H19N3O3S. The van der Waals surface area contributed by atoms with Gasteiger partial charge in [0, 0.05) is 37.4 Å². The summed E-state index contributed by atoms with van der Waals surface area (Å²) in [6, 6.07) is 1.92. The van der Waals surface area contributed by atoms with Crippen molar-refractivity contribution in [2.45, 2.75) is 32.3 Å². The third kappa shape index (κ3) is 4.64. The van der Waals surface area contributed by atoms with Gasteiger partial charge in [0.1, 0.15) is 0 Å². The summed E-state index contributed by atoms with van der Waals surface area (Å²) >= 11 is 1.56. The van der Waals surface area contributed by atoms with Crippen LogP contribution in [0.15, 0.2) is 21.3 Å². The summed E-state index contributed by atoms with van der Waals surface area (Å²) in [5.74, 6) is 0.928. The Morgan fingerprint density at radius 2 is 2.29 bits per heavy atom. The molecule has 0 spiro atoms. The molecule has 0 radical (unpaired) electrons. The van der Waals surface area contributed by atoms with Gasteiger partial charge in [-0.25, -0.2) is 0 Å². The van der Waals surface area contributed by atoms with Crippen molar-refractivity contribution >= 4 is 17.2 Å². The number of carbonyl (C=O) groups is 1. The van der Waals surface area contributed by atoms with Crippen LogP contribution < -0.4 is 0 Å². The highest BCUT2D eigenvalue weighted by Gasteiger charge is 2.20. The fourth-order valence-corrected chi connectivity index (χ4v) is 2.57. The lowest BCUT2D eigenvalue weighted by Crippen LogP contribution is -2.39. The van der Waals surface area contributed by atoms with Crippen LogP contribution in [-0.4, -0.2) is 45.2 Å². The molecule has 2 aromatic heterocycles. The summed E-state index contributed by atoms with van der Waals surface area (Å²) in [6.45, 7) is 3.62. The van der Waals surface area contributed by atoms with Crippen molar-refractivity contribution in [1.29, 1.82) is 0 Å². The van der Waals surface area contributed by atoms with Gasteiger partial charge < -0.3 is 14.5 Å². The van der Waals surface area contributed by atoms with Crippen molar-refractivity contribution in [2.24, 2.45) is 0 Å². The molecule has 0 aliphatic rings. The lowest BCUT2D eigenvalue weighted by Gasteiger charge is -2.25. The number of thiophene rings is 1. The summed E-state index contributed by atoms with van der Waals surface area (Å²) in [6.07, 6.45) is 0.671. The number of carbonyl (C=O) groups excluding carboxylic acids is 1. The standard InChI is InChI=1S/C14H19N3O3S/c1-14(2,19)9-17(3)12(18)5-4-11-15-13(16-20-11)10-6-7-21-8-10/h6-8,19H,4-5,9H2,1-3H3. The van der Waals surface area contributed by atoms with E-state index in [1.165, 1.54) is 4.90 Å². The van der Waals surface area contributed by atoms with E-state index in [1.54, 1.807) is 32.2 Å². The number of hydrogen-bond donors (Lipinski definition) is 1. The van der Waals surface area contributed by atoms with Gasteiger partial charge in [-0.15, -0.1) is 0 Å². The van der Waals surface area contributed by atoms with Gasteiger partial charge in [-0.2, -0.15) is 16.3 Å². The number of aryl methyl sites for hydroxylation is 1. The Morgan fingerprint density at radius 1 is 1.52 bits per heavy atom. The lowest BCUT2D eigenvalue weighted by molar-refractivity contribution is -0.132. The van der Waals surface area contributed by atoms with E-state index >= 15 is 0 Å². The zero-order valence-electron chi connectivity index (χ0n) is 12.4. The average Bonchev–Trinajstić information content (AvgIpc) is 3.04. The molecule has 114 valence electrons. The molecule has 21 heavy (non-hydrogen) atoms. The SMILES string of the molecule is CN(CC(C)(C)O)C(=O)CCc1nc(-c2ccsc2)no1. The van der Waals surface area contributed by atoms with Crippen LogP contribution in [0, 0.1) is 0 Å². The Labute approximate surface area is 127 Å². The predicted octanol–water partition coefficient (Wildman–Crippen LogP) is 1.96. The second-order valence-electron chi connectivity index (χ2n) is 5.59. The van der Waals surface area contributed by atoms with Gasteiger partial charge >= 0.3 is 0 Å². The number of likely N-dealkylation sites (N-methyl/N-ethyl adjacent to an activating group) is 1. The molecule has 1 N–H and O–H groups in total. The maximum absolute atomic E-state index is 12.0. The third-order valence-corrected chi connectivity index (χ3v) is 3.53. The van der Waals surface area contributed by atoms with E-state index in [9.17, 15) is 9.90 Å². The molecule has 2 aromatic rings. The second kappa shape index (κ2) is 6.36. The van der Waals surface area contributed by atoms with E-state index in [4.69, 9.17) is 4.52 Å². The first kappa shape index (κ1) is 15.7. The van der Waals surface area contributed by atoms with Crippen LogP contribution in [0.3, 0.4) is 0 Å². The van der Waals surface area contributed by atoms with Crippen LogP contribution in [0.4, 0.5) is 0 Å². The number of hydrogen-bond acceptors (Lipinski definition) is 6. The van der Waals surface area contributed by atoms with Crippen molar-refractivity contribution in [3.8, 4) is 11.4 Å². The maximum atomic E-state index is 12.0. The molecule has 0 fully saturated rings. The largest absolute Gasteiger partial charge is 0.389 e. The highest BCUT2D eigenvalue weighted by molar-refractivity contribution is 7.08. The molecule has 0 saturated carbocycles. The van der Waals surface area contributed by atoms with Crippen molar-refractivity contribution in [1.82, 2.24) is 15.0 Å². The molecule has 0 aliphatic carbocycles. The van der Waals surface area contributed by atoms with Crippen LogP contribution in [0.25, 0.3) is 11.4 Å². The summed E-state index contributed by atoms with van der Waals surface area (Å²) < 4.78 is 5.14. The highest BCUT2D eigenvalue weighted by Crippen LogP contribution is 2.19. The fraction of sp³-hybridized carbons (Fsp3) is 0.500. The van der Waals surface area contributed by atoms with E-state index < -0.39 is 5.60 Å². The predicted molar refractivity (Wildman–Crippen MR) is 79.9 cm³/mol. The molecule has 7 heteroatoms. The van der Waals surface area contributed by atoms with Crippen molar-refractivity contribution < 1.29 is 14.4 Å². The molecule has 0 unspecified atom stereocenters. The number of aliphatic hydroxyl groups is 1. The van der Waals surface area contributed by atoms with Gasteiger partial charge in [0.25, 0.3) is 0 Å². The first-order valence-corrected chi connectivity index (χ1v) is 7.61. The monoisotopic (exact) mass is 309 g/mol. The van der Waals surface area contributed by atoms with Crippen LogP contribution in [0.1, 0.15) is 26.2 Å². The van der Waals surface area contributed by atoms with Crippen LogP contribution in [0.5, 0.6) is 0 Å². The van der Waals surface area contributed by atoms with Gasteiger partial charge in [0.2, 0.25) is 17.6 Å². The Bertz CT molecular complexity index is 587. The summed E-state index contributed by atoms with van der Waals surface area (Å²) in [5.41, 5.74) is 0.0153. The molecule has 6 nitrogen and oxygen atoms in total. The average molecular weight is 309 g/mol. The van der Waals surface area contributed by atoms with Gasteiger partial charge in [-0.1, -0.05) is 5.16 Å². The van der Waals surface area contributed by atoms with E-state index in [0.29, 0.717) is 18.1 Å². The van der Waals surface area contributed by atoms with Crippen molar-refractivity contribution in [2.75, 3.05) is 13.6 Å². The molecular weight excluding hydrogens is 290 g/mol. The molecule has 0 aliphatic heterocycles. The van der Waals surface area contributed by atoms with E-state index in [-0.39, 0.29) is 18.9 Å². The fourth-order valence-electron chi connectivity index (χ4n) is 1.94. The normalized spacial score (nSPS) is 11.6. The minimum absolute atomic E-state index is 0.0626. The van der Waals surface area contributed by atoms with Crippen LogP contribution >= 0.6 is 11.3 Å². The Balaban J connectivity index is 1.87. The molecule has 1 amide bonds. The summed E-state index contributed by atoms with van der Waals surface area (Å²) in [4.78, 5) is 17.7. The summed E-state index contributed by atoms with van der Waals surface area (Å²) in [7, 11) is 1.67. The molecule has 0 aromatic carbocycles. The molecule has 0 atom stereocenters. The Hall–Kier alpha value is -1.73. The summed E-state index contributed by atoms with van der Waals surface area (Å²) in [5, 5.41) is 17.5. The molecule has 0 bridgehead atoms. The topological polar surface area (TPSA) is 79.5 Å². The van der Waals surface area contributed by atoms with Gasteiger partial charge in [0.15, 0.2) is 0 Å².